The van der Waals surface area contributed by atoms with Crippen LogP contribution < -0.4 is 14.8 Å². The highest BCUT2D eigenvalue weighted by Crippen LogP contribution is 2.30. The maximum absolute atomic E-state index is 12.5. The number of ether oxygens (including phenoxy) is 2. The summed E-state index contributed by atoms with van der Waals surface area (Å²) in [5.74, 6) is 0.0537. The van der Waals surface area contributed by atoms with Crippen molar-refractivity contribution in [2.45, 2.75) is 6.04 Å². The fraction of sp³-hybridized carbons (Fsp3) is 0.136. The Balaban J connectivity index is 1.70. The zero-order chi connectivity index (χ0) is 20.6. The molecule has 29 heavy (non-hydrogen) atoms. The van der Waals surface area contributed by atoms with Crippen LogP contribution >= 0.6 is 0 Å². The number of nitrogens with one attached hydrogen (secondary N) is 1. The third-order valence-corrected chi connectivity index (χ3v) is 4.29. The lowest BCUT2D eigenvalue weighted by molar-refractivity contribution is -0.385. The first-order valence-electron chi connectivity index (χ1n) is 8.93. The van der Waals surface area contributed by atoms with Gasteiger partial charge in [0.05, 0.1) is 18.1 Å². The maximum atomic E-state index is 12.5. The zero-order valence-electron chi connectivity index (χ0n) is 15.8. The normalized spacial score (nSPS) is 10.4. The number of amides is 1. The van der Waals surface area contributed by atoms with Crippen LogP contribution in [0.3, 0.4) is 0 Å². The molecule has 148 valence electrons. The van der Waals surface area contributed by atoms with E-state index in [2.05, 4.69) is 5.32 Å². The Hall–Kier alpha value is -3.87. The number of methoxy groups -OCH3 is 1. The predicted molar refractivity (Wildman–Crippen MR) is 108 cm³/mol. The summed E-state index contributed by atoms with van der Waals surface area (Å²) < 4.78 is 10.5. The summed E-state index contributed by atoms with van der Waals surface area (Å²) in [6, 6.07) is 23.0. The number of nitrogens with zero attached hydrogens (tertiary/aromatic N) is 1. The van der Waals surface area contributed by atoms with Gasteiger partial charge in [-0.2, -0.15) is 0 Å². The molecule has 7 heteroatoms. The van der Waals surface area contributed by atoms with Crippen molar-refractivity contribution in [2.75, 3.05) is 13.7 Å². The number of hydrogen-bond donors (Lipinski definition) is 1. The van der Waals surface area contributed by atoms with Crippen LogP contribution in [0.5, 0.6) is 11.5 Å². The molecule has 1 amide bonds. The Bertz CT molecular complexity index is 938. The minimum atomic E-state index is -0.542. The van der Waals surface area contributed by atoms with Crippen LogP contribution in [0.25, 0.3) is 0 Å². The summed E-state index contributed by atoms with van der Waals surface area (Å²) in [5, 5.41) is 13.9. The molecule has 1 N–H and O–H groups in total. The Morgan fingerprint density at radius 3 is 2.10 bits per heavy atom. The molecule has 0 bridgehead atoms. The van der Waals surface area contributed by atoms with Gasteiger partial charge in [0.15, 0.2) is 6.61 Å². The zero-order valence-corrected chi connectivity index (χ0v) is 15.8. The molecule has 0 radical (unpaired) electrons. The van der Waals surface area contributed by atoms with Gasteiger partial charge in [0.25, 0.3) is 5.91 Å². The lowest BCUT2D eigenvalue weighted by Crippen LogP contribution is -2.33. The fourth-order valence-electron chi connectivity index (χ4n) is 2.90. The second-order valence-corrected chi connectivity index (χ2v) is 6.20. The summed E-state index contributed by atoms with van der Waals surface area (Å²) in [6.07, 6.45) is 0. The molecule has 0 heterocycles. The molecule has 0 atom stereocenters. The Morgan fingerprint density at radius 2 is 1.59 bits per heavy atom. The van der Waals surface area contributed by atoms with Gasteiger partial charge in [-0.25, -0.2) is 0 Å². The molecule has 0 aromatic heterocycles. The lowest BCUT2D eigenvalue weighted by atomic mass is 9.99. The summed E-state index contributed by atoms with van der Waals surface area (Å²) in [6.45, 7) is -0.239. The molecule has 0 aliphatic carbocycles. The van der Waals surface area contributed by atoms with Crippen molar-refractivity contribution >= 4 is 11.6 Å². The second kappa shape index (κ2) is 9.36. The smallest absolute Gasteiger partial charge is 0.311 e. The molecule has 3 aromatic carbocycles. The maximum Gasteiger partial charge on any atom is 0.311 e. The molecule has 0 aliphatic heterocycles. The van der Waals surface area contributed by atoms with Crippen molar-refractivity contribution in [3.8, 4) is 11.5 Å². The van der Waals surface area contributed by atoms with E-state index in [1.165, 1.54) is 25.3 Å². The van der Waals surface area contributed by atoms with Gasteiger partial charge in [0.2, 0.25) is 5.75 Å². The number of rotatable bonds is 8. The molecule has 0 fully saturated rings. The highest BCUT2D eigenvalue weighted by molar-refractivity contribution is 5.78. The number of carbonyl (C=O) groups is 1. The number of nitro groups is 1. The number of nitro benzene ring substituents is 1. The van der Waals surface area contributed by atoms with E-state index in [0.717, 1.165) is 11.1 Å². The van der Waals surface area contributed by atoms with Crippen molar-refractivity contribution in [3.63, 3.8) is 0 Å². The monoisotopic (exact) mass is 392 g/mol. The molecule has 3 aromatic rings. The van der Waals surface area contributed by atoms with Crippen molar-refractivity contribution < 1.29 is 19.2 Å². The van der Waals surface area contributed by atoms with Gasteiger partial charge in [-0.3, -0.25) is 14.9 Å². The van der Waals surface area contributed by atoms with E-state index in [9.17, 15) is 14.9 Å². The quantitative estimate of drug-likeness (QED) is 0.464. The van der Waals surface area contributed by atoms with Crippen LogP contribution in [-0.2, 0) is 4.79 Å². The van der Waals surface area contributed by atoms with Crippen LogP contribution in [0.1, 0.15) is 17.2 Å². The Labute approximate surface area is 168 Å². The third kappa shape index (κ3) is 5.10. The minimum Gasteiger partial charge on any atom is -0.490 e. The first-order valence-corrected chi connectivity index (χ1v) is 8.93. The third-order valence-electron chi connectivity index (χ3n) is 4.29. The standard InChI is InChI=1S/C22H20N2O5/c1-28-20-14-18(12-13-19(20)24(26)27)29-15-21(25)23-22(16-8-4-2-5-9-16)17-10-6-3-7-11-17/h2-14,22H,15H2,1H3,(H,23,25). The minimum absolute atomic E-state index is 0.0688. The first-order chi connectivity index (χ1) is 14.1. The molecule has 0 aliphatic rings. The molecular formula is C22H20N2O5. The van der Waals surface area contributed by atoms with Crippen molar-refractivity contribution in [1.82, 2.24) is 5.32 Å². The molecule has 0 saturated heterocycles. The first kappa shape index (κ1) is 19.9. The predicted octanol–water partition coefficient (Wildman–Crippen LogP) is 3.89. The number of carbonyl (C=O) groups excluding carboxylic acids is 1. The van der Waals surface area contributed by atoms with Crippen molar-refractivity contribution in [3.05, 3.63) is 100 Å². The van der Waals surface area contributed by atoms with E-state index >= 15 is 0 Å². The molecular weight excluding hydrogens is 372 g/mol. The van der Waals surface area contributed by atoms with E-state index < -0.39 is 4.92 Å². The summed E-state index contributed by atoms with van der Waals surface area (Å²) in [4.78, 5) is 23.0. The Morgan fingerprint density at radius 1 is 1.00 bits per heavy atom. The van der Waals surface area contributed by atoms with E-state index in [4.69, 9.17) is 9.47 Å². The Kier molecular flexibility index (Phi) is 6.42. The SMILES string of the molecule is COc1cc(OCC(=O)NC(c2ccccc2)c2ccccc2)ccc1[N+](=O)[O-]. The van der Waals surface area contributed by atoms with Crippen LogP contribution in [0.4, 0.5) is 5.69 Å². The second-order valence-electron chi connectivity index (χ2n) is 6.20. The lowest BCUT2D eigenvalue weighted by Gasteiger charge is -2.20. The largest absolute Gasteiger partial charge is 0.490 e. The van der Waals surface area contributed by atoms with Gasteiger partial charge >= 0.3 is 5.69 Å². The highest BCUT2D eigenvalue weighted by atomic mass is 16.6. The van der Waals surface area contributed by atoms with Crippen molar-refractivity contribution in [2.24, 2.45) is 0 Å². The van der Waals surface area contributed by atoms with E-state index in [-0.39, 0.29) is 30.0 Å². The molecule has 7 nitrogen and oxygen atoms in total. The average molecular weight is 392 g/mol. The van der Waals surface area contributed by atoms with Gasteiger partial charge in [0.1, 0.15) is 5.75 Å². The van der Waals surface area contributed by atoms with E-state index in [0.29, 0.717) is 5.75 Å². The molecule has 3 rings (SSSR count). The van der Waals surface area contributed by atoms with Gasteiger partial charge in [-0.15, -0.1) is 0 Å². The topological polar surface area (TPSA) is 90.7 Å². The van der Waals surface area contributed by atoms with Crippen LogP contribution in [-0.4, -0.2) is 24.5 Å². The highest BCUT2D eigenvalue weighted by Gasteiger charge is 2.18. The van der Waals surface area contributed by atoms with Crippen molar-refractivity contribution in [1.29, 1.82) is 0 Å². The molecule has 0 saturated carbocycles. The van der Waals surface area contributed by atoms with Crippen LogP contribution in [0.15, 0.2) is 78.9 Å². The van der Waals surface area contributed by atoms with E-state index in [1.54, 1.807) is 0 Å². The summed E-state index contributed by atoms with van der Waals surface area (Å²) >= 11 is 0. The fourth-order valence-corrected chi connectivity index (χ4v) is 2.90. The van der Waals surface area contributed by atoms with Gasteiger partial charge in [-0.05, 0) is 17.2 Å². The van der Waals surface area contributed by atoms with E-state index in [1.807, 2.05) is 60.7 Å². The van der Waals surface area contributed by atoms with Gasteiger partial charge < -0.3 is 14.8 Å². The van der Waals surface area contributed by atoms with Crippen LogP contribution in [0, 0.1) is 10.1 Å². The molecule has 0 spiro atoms. The summed E-state index contributed by atoms with van der Waals surface area (Å²) in [7, 11) is 1.34. The summed E-state index contributed by atoms with van der Waals surface area (Å²) in [5.41, 5.74) is 1.73. The number of benzene rings is 3. The number of hydrogen-bond acceptors (Lipinski definition) is 5. The van der Waals surface area contributed by atoms with Gasteiger partial charge in [-0.1, -0.05) is 60.7 Å². The van der Waals surface area contributed by atoms with Crippen LogP contribution in [0.2, 0.25) is 0 Å². The molecule has 0 unspecified atom stereocenters. The average Bonchev–Trinajstić information content (AvgIpc) is 2.77. The van der Waals surface area contributed by atoms with Gasteiger partial charge in [0, 0.05) is 12.1 Å².